The molecule has 1 aromatic rings. The first-order chi connectivity index (χ1) is 10.2. The number of aryl methyl sites for hydroxylation is 2. The number of nitrogens with one attached hydrogen (secondary N) is 1. The van der Waals surface area contributed by atoms with Crippen molar-refractivity contribution in [2.75, 3.05) is 12.8 Å². The van der Waals surface area contributed by atoms with E-state index in [1.54, 1.807) is 0 Å². The minimum absolute atomic E-state index is 0.526. The summed E-state index contributed by atoms with van der Waals surface area (Å²) in [4.78, 5) is 0. The highest BCUT2D eigenvalue weighted by Gasteiger charge is 2.20. The molecule has 1 aliphatic rings. The van der Waals surface area contributed by atoms with Crippen LogP contribution in [-0.2, 0) is 19.4 Å². The van der Waals surface area contributed by atoms with Gasteiger partial charge in [0.15, 0.2) is 0 Å². The van der Waals surface area contributed by atoms with Gasteiger partial charge in [0, 0.05) is 30.0 Å². The first-order valence-corrected chi connectivity index (χ1v) is 10.1. The lowest BCUT2D eigenvalue weighted by Gasteiger charge is -2.19. The normalized spacial score (nSPS) is 17.5. The average Bonchev–Trinajstić information content (AvgIpc) is 3.12. The number of hydrogen-bond donors (Lipinski definition) is 1. The van der Waals surface area contributed by atoms with Gasteiger partial charge in [-0.05, 0) is 49.2 Å². The van der Waals surface area contributed by atoms with Crippen molar-refractivity contribution in [3.05, 3.63) is 15.9 Å². The molecule has 120 valence electrons. The number of hydrogen-bond acceptors (Lipinski definition) is 3. The molecule has 1 fully saturated rings. The number of thioether (sulfide) groups is 1. The van der Waals surface area contributed by atoms with Gasteiger partial charge in [0.2, 0.25) is 0 Å². The minimum atomic E-state index is 0.526. The summed E-state index contributed by atoms with van der Waals surface area (Å²) in [6.07, 6.45) is 7.72. The summed E-state index contributed by atoms with van der Waals surface area (Å²) in [5.74, 6) is 1.20. The fraction of sp³-hybridized carbons (Fsp3) is 0.812. The number of halogens is 1. The first-order valence-electron chi connectivity index (χ1n) is 8.22. The predicted octanol–water partition coefficient (Wildman–Crippen LogP) is 4.03. The topological polar surface area (TPSA) is 29.9 Å². The third-order valence-electron chi connectivity index (χ3n) is 4.38. The third-order valence-corrected chi connectivity index (χ3v) is 6.83. The standard InChI is InChI=1S/C16H28BrN3S/c1-4-14-16(17)15(20(5-2)19-14)10-12(18-3)11-21-13-8-6-7-9-13/h12-13,18H,4-11H2,1-3H3. The summed E-state index contributed by atoms with van der Waals surface area (Å²) < 4.78 is 3.38. The van der Waals surface area contributed by atoms with Crippen LogP contribution in [0.25, 0.3) is 0 Å². The van der Waals surface area contributed by atoms with Crippen molar-refractivity contribution in [1.82, 2.24) is 15.1 Å². The SMILES string of the molecule is CCc1nn(CC)c(CC(CSC2CCCC2)NC)c1Br. The Morgan fingerprint density at radius 2 is 2.10 bits per heavy atom. The van der Waals surface area contributed by atoms with Crippen molar-refractivity contribution in [3.63, 3.8) is 0 Å². The van der Waals surface area contributed by atoms with Crippen molar-refractivity contribution < 1.29 is 0 Å². The molecule has 1 atom stereocenters. The molecule has 0 bridgehead atoms. The Kier molecular flexibility index (Phi) is 7.10. The van der Waals surface area contributed by atoms with Crippen LogP contribution in [0.1, 0.15) is 50.9 Å². The maximum absolute atomic E-state index is 4.71. The zero-order valence-electron chi connectivity index (χ0n) is 13.5. The molecule has 2 rings (SSSR count). The van der Waals surface area contributed by atoms with E-state index in [2.05, 4.69) is 58.6 Å². The summed E-state index contributed by atoms with van der Waals surface area (Å²) in [6, 6.07) is 0.526. The molecule has 0 radical (unpaired) electrons. The fourth-order valence-corrected chi connectivity index (χ4v) is 5.18. The monoisotopic (exact) mass is 373 g/mol. The van der Waals surface area contributed by atoms with Crippen LogP contribution in [0.15, 0.2) is 4.47 Å². The molecule has 3 nitrogen and oxygen atoms in total. The number of likely N-dealkylation sites (N-methyl/N-ethyl adjacent to an activating group) is 1. The van der Waals surface area contributed by atoms with Crippen molar-refractivity contribution in [1.29, 1.82) is 0 Å². The van der Waals surface area contributed by atoms with E-state index in [1.807, 2.05) is 0 Å². The van der Waals surface area contributed by atoms with Gasteiger partial charge in [-0.15, -0.1) is 0 Å². The van der Waals surface area contributed by atoms with E-state index in [0.29, 0.717) is 6.04 Å². The Balaban J connectivity index is 1.98. The summed E-state index contributed by atoms with van der Waals surface area (Å²) >= 11 is 5.92. The molecule has 21 heavy (non-hydrogen) atoms. The highest BCUT2D eigenvalue weighted by Crippen LogP contribution is 2.30. The zero-order chi connectivity index (χ0) is 15.2. The number of nitrogens with zero attached hydrogens (tertiary/aromatic N) is 2. The Labute approximate surface area is 141 Å². The van der Waals surface area contributed by atoms with Gasteiger partial charge in [0.05, 0.1) is 15.9 Å². The van der Waals surface area contributed by atoms with Crippen LogP contribution in [0, 0.1) is 0 Å². The quantitative estimate of drug-likeness (QED) is 0.745. The zero-order valence-corrected chi connectivity index (χ0v) is 15.9. The van der Waals surface area contributed by atoms with Gasteiger partial charge < -0.3 is 5.32 Å². The Bertz CT molecular complexity index is 441. The highest BCUT2D eigenvalue weighted by atomic mass is 79.9. The van der Waals surface area contributed by atoms with E-state index in [1.165, 1.54) is 47.3 Å². The van der Waals surface area contributed by atoms with Crippen LogP contribution in [0.3, 0.4) is 0 Å². The maximum Gasteiger partial charge on any atom is 0.0766 e. The van der Waals surface area contributed by atoms with Crippen LogP contribution in [0.4, 0.5) is 0 Å². The molecule has 5 heteroatoms. The summed E-state index contributed by atoms with van der Waals surface area (Å²) in [7, 11) is 2.08. The van der Waals surface area contributed by atoms with Crippen LogP contribution in [0.5, 0.6) is 0 Å². The summed E-state index contributed by atoms with van der Waals surface area (Å²) in [5, 5.41) is 9.10. The second-order valence-corrected chi connectivity index (χ2v) is 7.93. The van der Waals surface area contributed by atoms with Crippen molar-refractivity contribution >= 4 is 27.7 Å². The molecule has 1 unspecified atom stereocenters. The van der Waals surface area contributed by atoms with Gasteiger partial charge in [-0.3, -0.25) is 4.68 Å². The van der Waals surface area contributed by atoms with E-state index < -0.39 is 0 Å². The largest absolute Gasteiger partial charge is 0.316 e. The maximum atomic E-state index is 4.71. The second-order valence-electron chi connectivity index (χ2n) is 5.81. The van der Waals surface area contributed by atoms with E-state index in [4.69, 9.17) is 5.10 Å². The van der Waals surface area contributed by atoms with Gasteiger partial charge in [0.25, 0.3) is 0 Å². The molecule has 0 saturated heterocycles. The van der Waals surface area contributed by atoms with E-state index in [-0.39, 0.29) is 0 Å². The summed E-state index contributed by atoms with van der Waals surface area (Å²) in [5.41, 5.74) is 2.53. The Morgan fingerprint density at radius 3 is 2.67 bits per heavy atom. The van der Waals surface area contributed by atoms with Crippen molar-refractivity contribution in [3.8, 4) is 0 Å². The fourth-order valence-electron chi connectivity index (χ4n) is 3.00. The highest BCUT2D eigenvalue weighted by molar-refractivity contribution is 9.10. The van der Waals surface area contributed by atoms with Crippen LogP contribution < -0.4 is 5.32 Å². The van der Waals surface area contributed by atoms with Gasteiger partial charge in [-0.25, -0.2) is 0 Å². The Hall–Kier alpha value is -0.0000000000000000555. The molecule has 1 aromatic heterocycles. The molecule has 0 spiro atoms. The van der Waals surface area contributed by atoms with Gasteiger partial charge in [-0.2, -0.15) is 16.9 Å². The lowest BCUT2D eigenvalue weighted by atomic mass is 10.1. The smallest absolute Gasteiger partial charge is 0.0766 e. The van der Waals surface area contributed by atoms with Crippen LogP contribution in [-0.4, -0.2) is 33.9 Å². The van der Waals surface area contributed by atoms with E-state index >= 15 is 0 Å². The number of aromatic nitrogens is 2. The first kappa shape index (κ1) is 17.4. The van der Waals surface area contributed by atoms with Crippen molar-refractivity contribution in [2.45, 2.75) is 70.2 Å². The van der Waals surface area contributed by atoms with Crippen LogP contribution in [0.2, 0.25) is 0 Å². The van der Waals surface area contributed by atoms with E-state index in [0.717, 1.165) is 24.6 Å². The molecule has 0 aliphatic heterocycles. The summed E-state index contributed by atoms with van der Waals surface area (Å²) in [6.45, 7) is 5.28. The molecule has 1 N–H and O–H groups in total. The van der Waals surface area contributed by atoms with Gasteiger partial charge in [-0.1, -0.05) is 19.8 Å². The van der Waals surface area contributed by atoms with Gasteiger partial charge >= 0.3 is 0 Å². The lowest BCUT2D eigenvalue weighted by Crippen LogP contribution is -2.31. The molecule has 1 heterocycles. The predicted molar refractivity (Wildman–Crippen MR) is 96.2 cm³/mol. The van der Waals surface area contributed by atoms with Crippen molar-refractivity contribution in [2.24, 2.45) is 0 Å². The average molecular weight is 374 g/mol. The van der Waals surface area contributed by atoms with Gasteiger partial charge in [0.1, 0.15) is 0 Å². The second kappa shape index (κ2) is 8.59. The molecule has 0 aromatic carbocycles. The lowest BCUT2D eigenvalue weighted by molar-refractivity contribution is 0.554. The third kappa shape index (κ3) is 4.49. The van der Waals surface area contributed by atoms with Crippen LogP contribution >= 0.6 is 27.7 Å². The minimum Gasteiger partial charge on any atom is -0.316 e. The van der Waals surface area contributed by atoms with E-state index in [9.17, 15) is 0 Å². The molecule has 1 aliphatic carbocycles. The Morgan fingerprint density at radius 1 is 1.38 bits per heavy atom. The molecule has 1 saturated carbocycles. The molecular weight excluding hydrogens is 346 g/mol. The molecular formula is C16H28BrN3S. The molecule has 0 amide bonds. The number of rotatable bonds is 8.